The molecule has 56 valence electrons. The molecule has 0 heterocycles. The van der Waals surface area contributed by atoms with Crippen molar-refractivity contribution in [3.05, 3.63) is 0 Å². The van der Waals surface area contributed by atoms with E-state index in [0.717, 1.165) is 0 Å². The summed E-state index contributed by atoms with van der Waals surface area (Å²) in [5.74, 6) is 0. The van der Waals surface area contributed by atoms with E-state index in [4.69, 9.17) is 0 Å². The first-order valence-corrected chi connectivity index (χ1v) is 0. The third kappa shape index (κ3) is 642. The van der Waals surface area contributed by atoms with Gasteiger partial charge in [0.05, 0.1) is 0 Å². The maximum Gasteiger partial charge on any atom is 4.00 e. The minimum atomic E-state index is 0. The molecule has 0 amide bonds. The molecule has 0 aromatic rings. The molecule has 0 saturated heterocycles. The molecule has 0 aromatic heterocycles. The quantitative estimate of drug-likeness (QED) is 0.395. The molecule has 0 N–H and O–H groups in total. The molecule has 11 heavy (non-hydrogen) atoms. The minimum absolute atomic E-state index is 0. The molecule has 0 saturated carbocycles. The summed E-state index contributed by atoms with van der Waals surface area (Å²) in [4.78, 5) is 0. The maximum absolute atomic E-state index is 0. The van der Waals surface area contributed by atoms with Gasteiger partial charge in [0.25, 0.3) is 0 Å². The Hall–Kier alpha value is 1.22. The fourth-order valence-corrected chi connectivity index (χ4v) is 0. The van der Waals surface area contributed by atoms with Crippen LogP contribution in [0.2, 0.25) is 0 Å². The second-order valence-electron chi connectivity index (χ2n) is 0. The zero-order valence-electron chi connectivity index (χ0n) is 5.01. The Morgan fingerprint density at radius 1 is 0.273 bits per heavy atom. The summed E-state index contributed by atoms with van der Waals surface area (Å²) >= 11 is 0. The fourth-order valence-electron chi connectivity index (χ4n) is 0. The molecular weight excluding hydrogens is 222 g/mol. The van der Waals surface area contributed by atoms with Crippen LogP contribution in [0.3, 0.4) is 0 Å². The van der Waals surface area contributed by atoms with Crippen LogP contribution in [-0.2, 0) is 38.3 Å². The maximum atomic E-state index is 0. The van der Waals surface area contributed by atoms with Gasteiger partial charge in [0.1, 0.15) is 0 Å². The summed E-state index contributed by atoms with van der Waals surface area (Å²) < 4.78 is 0. The Bertz CT molecular complexity index is 14.4. The minimum Gasteiger partial charge on any atom is -2.00 e. The topological polar surface area (TPSA) is 200 Å². The van der Waals surface area contributed by atoms with Crippen LogP contribution in [0.1, 0.15) is 0 Å². The van der Waals surface area contributed by atoms with Gasteiger partial charge < -0.3 is 38.3 Å². The summed E-state index contributed by atoms with van der Waals surface area (Å²) in [6.07, 6.45) is 0. The van der Waals surface area contributed by atoms with Crippen LogP contribution < -0.4 is 0 Å². The van der Waals surface area contributed by atoms with Crippen LogP contribution in [-0.4, -0.2) is 56.7 Å². The first-order valence-electron chi connectivity index (χ1n) is 0. The van der Waals surface area contributed by atoms with Crippen molar-refractivity contribution in [2.75, 3.05) is 0 Å². The molecule has 0 bridgehead atoms. The monoisotopic (exact) mass is 222 g/mol. The zero-order valence-corrected chi connectivity index (χ0v) is 9.32. The molecule has 11 heteroatoms. The van der Waals surface area contributed by atoms with Gasteiger partial charge in [-0.15, -0.1) is 0 Å². The normalized spacial score (nSPS) is 0. The van der Waals surface area contributed by atoms with E-state index in [-0.39, 0.29) is 95.0 Å². The summed E-state index contributed by atoms with van der Waals surface area (Å²) in [5, 5.41) is 0. The third-order valence-electron chi connectivity index (χ3n) is 0. The van der Waals surface area contributed by atoms with Gasteiger partial charge in [0.15, 0.2) is 0 Å². The van der Waals surface area contributed by atoms with Gasteiger partial charge in [-0.2, -0.15) is 0 Å². The molecule has 0 atom stereocenters. The van der Waals surface area contributed by atoms with Gasteiger partial charge in [-0.3, -0.25) is 0 Å². The van der Waals surface area contributed by atoms with E-state index < -0.39 is 0 Å². The number of hydrogen-bond acceptors (Lipinski definition) is 0. The molecular formula is Al2O7Si2. The smallest absolute Gasteiger partial charge is 2.00 e. The van der Waals surface area contributed by atoms with Crippen molar-refractivity contribution in [2.45, 2.75) is 0 Å². The molecule has 0 aromatic carbocycles. The Labute approximate surface area is 95.0 Å². The molecule has 0 aliphatic heterocycles. The van der Waals surface area contributed by atoms with Gasteiger partial charge >= 0.3 is 56.7 Å². The Morgan fingerprint density at radius 2 is 0.273 bits per heavy atom. The zero-order chi connectivity index (χ0) is 0. The van der Waals surface area contributed by atoms with Crippen LogP contribution in [0.25, 0.3) is 0 Å². The van der Waals surface area contributed by atoms with Crippen molar-refractivity contribution in [1.29, 1.82) is 0 Å². The standard InChI is InChI=1S/2Al.7O.2Si/q2*+3;7*-2;2*+4. The predicted molar refractivity (Wildman–Crippen MR) is 27.8 cm³/mol. The van der Waals surface area contributed by atoms with Gasteiger partial charge in [0, 0.05) is 0 Å². The first kappa shape index (κ1) is 1040. The molecule has 0 aliphatic carbocycles. The number of rotatable bonds is 0. The third-order valence-corrected chi connectivity index (χ3v) is 0. The van der Waals surface area contributed by atoms with Crippen LogP contribution in [0.15, 0.2) is 0 Å². The largest absolute Gasteiger partial charge is 4.00 e. The molecule has 0 fully saturated rings. The van der Waals surface area contributed by atoms with Crippen LogP contribution in [0.4, 0.5) is 0 Å². The fraction of sp³-hybridized carbons (Fsp3) is 0. The van der Waals surface area contributed by atoms with Gasteiger partial charge in [0.2, 0.25) is 0 Å². The van der Waals surface area contributed by atoms with Crippen molar-refractivity contribution in [3.63, 3.8) is 0 Å². The molecule has 0 unspecified atom stereocenters. The van der Waals surface area contributed by atoms with Gasteiger partial charge in [-0.05, 0) is 0 Å². The summed E-state index contributed by atoms with van der Waals surface area (Å²) in [6.45, 7) is 0. The van der Waals surface area contributed by atoms with Gasteiger partial charge in [-0.25, -0.2) is 0 Å². The second kappa shape index (κ2) is 789. The van der Waals surface area contributed by atoms with Gasteiger partial charge in [-0.1, -0.05) is 0 Å². The SMILES string of the molecule is [Al+3].[Al+3].[O-2].[O-2].[O-2].[O-2].[O-2].[O-2].[O-2].[Si+4].[Si+4]. The van der Waals surface area contributed by atoms with Crippen molar-refractivity contribution in [2.24, 2.45) is 0 Å². The average molecular weight is 222 g/mol. The molecule has 0 rings (SSSR count). The second-order valence-corrected chi connectivity index (χ2v) is 0. The molecule has 0 aliphatic rings. The van der Waals surface area contributed by atoms with Crippen LogP contribution >= 0.6 is 0 Å². The number of hydrogen-bond donors (Lipinski definition) is 0. The van der Waals surface area contributed by atoms with Crippen molar-refractivity contribution in [1.82, 2.24) is 0 Å². The van der Waals surface area contributed by atoms with E-state index in [1.54, 1.807) is 0 Å². The summed E-state index contributed by atoms with van der Waals surface area (Å²) in [6, 6.07) is 0. The Morgan fingerprint density at radius 3 is 0.273 bits per heavy atom. The van der Waals surface area contributed by atoms with E-state index in [1.165, 1.54) is 0 Å². The van der Waals surface area contributed by atoms with Crippen molar-refractivity contribution >= 4 is 56.7 Å². The summed E-state index contributed by atoms with van der Waals surface area (Å²) in [5.41, 5.74) is 0. The van der Waals surface area contributed by atoms with E-state index in [2.05, 4.69) is 0 Å². The predicted octanol–water partition coefficient (Wildman–Crippen LogP) is -2.35. The van der Waals surface area contributed by atoms with Crippen LogP contribution in [0.5, 0.6) is 0 Å². The molecule has 7 nitrogen and oxygen atoms in total. The van der Waals surface area contributed by atoms with E-state index in [9.17, 15) is 0 Å². The van der Waals surface area contributed by atoms with Crippen LogP contribution in [0, 0.1) is 0 Å². The first-order chi connectivity index (χ1) is 0. The Balaban J connectivity index is 0. The summed E-state index contributed by atoms with van der Waals surface area (Å²) in [7, 11) is 0. The van der Waals surface area contributed by atoms with Crippen molar-refractivity contribution < 1.29 is 38.3 Å². The molecule has 0 radical (unpaired) electrons. The van der Waals surface area contributed by atoms with E-state index in [1.807, 2.05) is 0 Å². The Kier molecular flexibility index (Phi) is 74200. The average Bonchev–Trinajstić information content (AvgIpc) is 0. The molecule has 0 spiro atoms. The van der Waals surface area contributed by atoms with Crippen molar-refractivity contribution in [3.8, 4) is 0 Å². The van der Waals surface area contributed by atoms with E-state index >= 15 is 0 Å². The van der Waals surface area contributed by atoms with E-state index in [0.29, 0.717) is 0 Å².